The maximum atomic E-state index is 11.7. The van der Waals surface area contributed by atoms with Crippen molar-refractivity contribution < 1.29 is 33.1 Å². The number of benzene rings is 4. The number of rotatable bonds is 4. The number of phenolic OH excluding ortho intramolecular Hbond substituents is 2. The van der Waals surface area contributed by atoms with E-state index in [0.717, 1.165) is 12.1 Å². The zero-order chi connectivity index (χ0) is 22.3. The fourth-order valence-electron chi connectivity index (χ4n) is 3.40. The Hall–Kier alpha value is -4.02. The number of aromatic hydroxyl groups is 2. The summed E-state index contributed by atoms with van der Waals surface area (Å²) >= 11 is 0. The summed E-state index contributed by atoms with van der Waals surface area (Å²) in [4.78, 5) is 10.8. The van der Waals surface area contributed by atoms with Gasteiger partial charge in [0, 0.05) is 22.2 Å². The summed E-state index contributed by atoms with van der Waals surface area (Å²) in [6.07, 6.45) is 0. The number of carboxylic acid groups (broad SMARTS) is 1. The fourth-order valence-corrected chi connectivity index (χ4v) is 4.18. The van der Waals surface area contributed by atoms with E-state index in [9.17, 15) is 33.1 Å². The highest BCUT2D eigenvalue weighted by atomic mass is 32.2. The van der Waals surface area contributed by atoms with E-state index in [1.54, 1.807) is 30.3 Å². The van der Waals surface area contributed by atoms with Crippen molar-refractivity contribution in [1.29, 1.82) is 0 Å². The van der Waals surface area contributed by atoms with Gasteiger partial charge in [0.05, 0.1) is 11.3 Å². The number of carbonyl (C=O) groups is 1. The third-order valence-corrected chi connectivity index (χ3v) is 5.64. The number of azo groups is 1. The Balaban J connectivity index is 1.95. The average Bonchev–Trinajstić information content (AvgIpc) is 2.71. The summed E-state index contributed by atoms with van der Waals surface area (Å²) in [7, 11) is -4.71. The Morgan fingerprint density at radius 2 is 1.35 bits per heavy atom. The number of hydrogen-bond donors (Lipinski definition) is 4. The average molecular weight is 438 g/mol. The first-order valence-corrected chi connectivity index (χ1v) is 10.2. The van der Waals surface area contributed by atoms with E-state index in [0.29, 0.717) is 10.8 Å². The molecule has 0 aromatic heterocycles. The first kappa shape index (κ1) is 20.3. The molecular formula is C21H14N2O7S. The zero-order valence-corrected chi connectivity index (χ0v) is 16.4. The molecule has 4 N–H and O–H groups in total. The van der Waals surface area contributed by atoms with E-state index in [1.807, 2.05) is 0 Å². The van der Waals surface area contributed by atoms with Gasteiger partial charge in [-0.3, -0.25) is 4.55 Å². The minimum Gasteiger partial charge on any atom is -0.506 e. The van der Waals surface area contributed by atoms with Crippen molar-refractivity contribution in [3.63, 3.8) is 0 Å². The van der Waals surface area contributed by atoms with Gasteiger partial charge in [0.25, 0.3) is 10.1 Å². The molecule has 31 heavy (non-hydrogen) atoms. The Kier molecular flexibility index (Phi) is 4.80. The van der Waals surface area contributed by atoms with Crippen LogP contribution in [0.4, 0.5) is 11.4 Å². The lowest BCUT2D eigenvalue weighted by Crippen LogP contribution is -1.99. The third kappa shape index (κ3) is 3.54. The lowest BCUT2D eigenvalue weighted by atomic mass is 10.0. The van der Waals surface area contributed by atoms with Gasteiger partial charge in [0.15, 0.2) is 0 Å². The highest BCUT2D eigenvalue weighted by Gasteiger charge is 2.22. The normalized spacial score (nSPS) is 12.0. The second kappa shape index (κ2) is 7.35. The molecule has 0 atom stereocenters. The van der Waals surface area contributed by atoms with Crippen LogP contribution in [0.15, 0.2) is 75.8 Å². The van der Waals surface area contributed by atoms with E-state index in [2.05, 4.69) is 10.2 Å². The molecule has 0 saturated heterocycles. The standard InChI is InChI=1S/C21H14N2O7S/c24-17-9-15(21(26)27)11-5-1-3-7-13(11)19(17)23-22-16-10-18(25)20(31(28,29)30)14-8-4-2-6-12(14)16/h1-10,24-25H,(H,26,27)(H,28,29,30). The van der Waals surface area contributed by atoms with Crippen LogP contribution >= 0.6 is 0 Å². The molecular weight excluding hydrogens is 424 g/mol. The lowest BCUT2D eigenvalue weighted by molar-refractivity contribution is 0.0698. The predicted molar refractivity (Wildman–Crippen MR) is 112 cm³/mol. The first-order chi connectivity index (χ1) is 14.7. The summed E-state index contributed by atoms with van der Waals surface area (Å²) in [5.74, 6) is -2.35. The molecule has 0 spiro atoms. The Morgan fingerprint density at radius 1 is 0.774 bits per heavy atom. The van der Waals surface area contributed by atoms with Crippen LogP contribution in [-0.2, 0) is 10.1 Å². The number of carboxylic acids is 1. The van der Waals surface area contributed by atoms with Crippen LogP contribution in [0, 0.1) is 0 Å². The predicted octanol–water partition coefficient (Wildman–Crippen LogP) is 4.76. The Morgan fingerprint density at radius 3 is 1.97 bits per heavy atom. The minimum atomic E-state index is -4.71. The van der Waals surface area contributed by atoms with E-state index < -0.39 is 32.5 Å². The second-order valence-corrected chi connectivity index (χ2v) is 7.97. The van der Waals surface area contributed by atoms with Crippen LogP contribution < -0.4 is 0 Å². The molecule has 0 radical (unpaired) electrons. The molecule has 9 nitrogen and oxygen atoms in total. The molecule has 0 saturated carbocycles. The fraction of sp³-hybridized carbons (Fsp3) is 0. The summed E-state index contributed by atoms with van der Waals surface area (Å²) < 4.78 is 32.9. The quantitative estimate of drug-likeness (QED) is 0.264. The largest absolute Gasteiger partial charge is 0.506 e. The van der Waals surface area contributed by atoms with Gasteiger partial charge in [-0.25, -0.2) is 4.79 Å². The number of aromatic carboxylic acids is 1. The number of phenols is 2. The topological polar surface area (TPSA) is 157 Å². The molecule has 0 amide bonds. The van der Waals surface area contributed by atoms with Crippen LogP contribution in [0.5, 0.6) is 11.5 Å². The van der Waals surface area contributed by atoms with Crippen molar-refractivity contribution in [1.82, 2.24) is 0 Å². The molecule has 4 aromatic rings. The molecule has 4 aromatic carbocycles. The van der Waals surface area contributed by atoms with Crippen LogP contribution in [0.25, 0.3) is 21.5 Å². The molecule has 0 heterocycles. The maximum Gasteiger partial charge on any atom is 0.336 e. The van der Waals surface area contributed by atoms with Gasteiger partial charge >= 0.3 is 5.97 Å². The van der Waals surface area contributed by atoms with Crippen LogP contribution in [0.1, 0.15) is 10.4 Å². The van der Waals surface area contributed by atoms with Gasteiger partial charge in [-0.1, -0.05) is 48.5 Å². The number of fused-ring (bicyclic) bond motifs is 2. The van der Waals surface area contributed by atoms with Crippen LogP contribution in [0.2, 0.25) is 0 Å². The minimum absolute atomic E-state index is 0.00280. The van der Waals surface area contributed by atoms with Crippen molar-refractivity contribution in [2.45, 2.75) is 4.90 Å². The van der Waals surface area contributed by atoms with Gasteiger partial charge in [-0.05, 0) is 11.5 Å². The summed E-state index contributed by atoms with van der Waals surface area (Å²) in [6.45, 7) is 0. The molecule has 0 aliphatic heterocycles. The first-order valence-electron chi connectivity index (χ1n) is 8.80. The lowest BCUT2D eigenvalue weighted by Gasteiger charge is -2.10. The van der Waals surface area contributed by atoms with Gasteiger partial charge in [-0.2, -0.15) is 8.42 Å². The SMILES string of the molecule is O=C(O)c1cc(O)c(N=Nc2cc(O)c(S(=O)(=O)O)c3ccccc23)c2ccccc12. The molecule has 0 unspecified atom stereocenters. The number of nitrogens with zero attached hydrogens (tertiary/aromatic N) is 2. The number of hydrogen-bond acceptors (Lipinski definition) is 7. The molecule has 0 bridgehead atoms. The van der Waals surface area contributed by atoms with Gasteiger partial charge in [0.1, 0.15) is 22.1 Å². The molecule has 0 aliphatic carbocycles. The van der Waals surface area contributed by atoms with Gasteiger partial charge in [-0.15, -0.1) is 10.2 Å². The summed E-state index contributed by atoms with van der Waals surface area (Å²) in [5.41, 5.74) is -0.0260. The molecule has 0 fully saturated rings. The monoisotopic (exact) mass is 438 g/mol. The zero-order valence-electron chi connectivity index (χ0n) is 15.6. The van der Waals surface area contributed by atoms with Crippen molar-refractivity contribution >= 4 is 49.0 Å². The van der Waals surface area contributed by atoms with Crippen LogP contribution in [0.3, 0.4) is 0 Å². The Labute approximate surface area is 175 Å². The third-order valence-electron chi connectivity index (χ3n) is 4.70. The summed E-state index contributed by atoms with van der Waals surface area (Å²) in [6, 6.07) is 14.6. The van der Waals surface area contributed by atoms with Crippen molar-refractivity contribution in [3.05, 3.63) is 66.2 Å². The highest BCUT2D eigenvalue weighted by molar-refractivity contribution is 7.86. The molecule has 4 rings (SSSR count). The van der Waals surface area contributed by atoms with E-state index in [4.69, 9.17) is 0 Å². The maximum absolute atomic E-state index is 11.7. The molecule has 0 aliphatic rings. The van der Waals surface area contributed by atoms with Gasteiger partial charge in [0.2, 0.25) is 0 Å². The smallest absolute Gasteiger partial charge is 0.336 e. The van der Waals surface area contributed by atoms with Crippen molar-refractivity contribution in [3.8, 4) is 11.5 Å². The second-order valence-electron chi connectivity index (χ2n) is 6.61. The molecule has 10 heteroatoms. The van der Waals surface area contributed by atoms with E-state index >= 15 is 0 Å². The highest BCUT2D eigenvalue weighted by Crippen LogP contribution is 2.41. The van der Waals surface area contributed by atoms with E-state index in [-0.39, 0.29) is 27.7 Å². The van der Waals surface area contributed by atoms with Crippen molar-refractivity contribution in [2.24, 2.45) is 10.2 Å². The van der Waals surface area contributed by atoms with Crippen LogP contribution in [-0.4, -0.2) is 34.3 Å². The summed E-state index contributed by atoms with van der Waals surface area (Å²) in [5, 5.41) is 39.0. The molecule has 156 valence electrons. The van der Waals surface area contributed by atoms with Gasteiger partial charge < -0.3 is 15.3 Å². The van der Waals surface area contributed by atoms with Crippen molar-refractivity contribution in [2.75, 3.05) is 0 Å². The Bertz CT molecular complexity index is 1510. The van der Waals surface area contributed by atoms with E-state index in [1.165, 1.54) is 18.2 Å².